The zero-order valence-corrected chi connectivity index (χ0v) is 12.4. The van der Waals surface area contributed by atoms with Gasteiger partial charge < -0.3 is 9.84 Å². The lowest BCUT2D eigenvalue weighted by Gasteiger charge is -2.11. The lowest BCUT2D eigenvalue weighted by atomic mass is 10.1. The largest absolute Gasteiger partial charge is 0.477 e. The monoisotopic (exact) mass is 323 g/mol. The molecule has 2 aromatic rings. The molecule has 108 valence electrons. The summed E-state index contributed by atoms with van der Waals surface area (Å²) in [7, 11) is 0. The standard InChI is InChI=1S/C15H11Cl2NO3/c16-9-4-5-11(17)13(7-9)21-14-10(15(19)20)6-8-2-1-3-12(8)18-14/h4-7H,1-3H2,(H,19,20). The van der Waals surface area contributed by atoms with E-state index >= 15 is 0 Å². The minimum Gasteiger partial charge on any atom is -0.477 e. The summed E-state index contributed by atoms with van der Waals surface area (Å²) in [6, 6.07) is 6.38. The molecule has 1 aromatic carbocycles. The van der Waals surface area contributed by atoms with Gasteiger partial charge in [0.2, 0.25) is 5.88 Å². The van der Waals surface area contributed by atoms with Gasteiger partial charge in [-0.1, -0.05) is 23.2 Å². The van der Waals surface area contributed by atoms with Crippen LogP contribution in [0.3, 0.4) is 0 Å². The van der Waals surface area contributed by atoms with Crippen molar-refractivity contribution in [3.05, 3.63) is 51.1 Å². The molecule has 3 rings (SSSR count). The molecule has 0 aliphatic heterocycles. The van der Waals surface area contributed by atoms with Gasteiger partial charge in [0.25, 0.3) is 0 Å². The lowest BCUT2D eigenvalue weighted by molar-refractivity contribution is 0.0693. The van der Waals surface area contributed by atoms with E-state index in [1.165, 1.54) is 6.07 Å². The number of nitrogens with zero attached hydrogens (tertiary/aromatic N) is 1. The molecule has 4 nitrogen and oxygen atoms in total. The molecule has 1 aliphatic carbocycles. The number of carboxylic acids is 1. The normalized spacial score (nSPS) is 13.0. The molecule has 21 heavy (non-hydrogen) atoms. The van der Waals surface area contributed by atoms with E-state index in [2.05, 4.69) is 4.98 Å². The number of aryl methyl sites for hydroxylation is 2. The van der Waals surface area contributed by atoms with Gasteiger partial charge in [-0.3, -0.25) is 0 Å². The molecule has 1 aliphatic rings. The zero-order valence-electron chi connectivity index (χ0n) is 10.9. The van der Waals surface area contributed by atoms with Crippen LogP contribution in [-0.2, 0) is 12.8 Å². The number of carboxylic acid groups (broad SMARTS) is 1. The van der Waals surface area contributed by atoms with Crippen molar-refractivity contribution in [3.8, 4) is 11.6 Å². The fourth-order valence-corrected chi connectivity index (χ4v) is 2.66. The number of fused-ring (bicyclic) bond motifs is 1. The fourth-order valence-electron chi connectivity index (χ4n) is 2.34. The molecule has 0 saturated heterocycles. The lowest BCUT2D eigenvalue weighted by Crippen LogP contribution is -2.05. The van der Waals surface area contributed by atoms with Crippen LogP contribution >= 0.6 is 23.2 Å². The highest BCUT2D eigenvalue weighted by atomic mass is 35.5. The van der Waals surface area contributed by atoms with Crippen LogP contribution in [0.5, 0.6) is 11.6 Å². The third-order valence-electron chi connectivity index (χ3n) is 3.35. The molecule has 0 atom stereocenters. The molecule has 0 fully saturated rings. The van der Waals surface area contributed by atoms with E-state index in [1.54, 1.807) is 18.2 Å². The summed E-state index contributed by atoms with van der Waals surface area (Å²) in [5.74, 6) is -0.741. The maximum atomic E-state index is 11.4. The Balaban J connectivity index is 2.05. The van der Waals surface area contributed by atoms with Crippen LogP contribution in [0.15, 0.2) is 24.3 Å². The number of aromatic carboxylic acids is 1. The first-order chi connectivity index (χ1) is 10.0. The van der Waals surface area contributed by atoms with E-state index in [0.717, 1.165) is 30.5 Å². The first-order valence-electron chi connectivity index (χ1n) is 6.43. The van der Waals surface area contributed by atoms with Gasteiger partial charge >= 0.3 is 5.97 Å². The summed E-state index contributed by atoms with van der Waals surface area (Å²) >= 11 is 11.9. The number of carbonyl (C=O) groups is 1. The summed E-state index contributed by atoms with van der Waals surface area (Å²) in [6.45, 7) is 0. The first-order valence-corrected chi connectivity index (χ1v) is 7.19. The van der Waals surface area contributed by atoms with Crippen LogP contribution in [-0.4, -0.2) is 16.1 Å². The van der Waals surface area contributed by atoms with E-state index < -0.39 is 5.97 Å². The molecule has 1 N–H and O–H groups in total. The molecule has 0 saturated carbocycles. The van der Waals surface area contributed by atoms with Crippen molar-refractivity contribution in [1.82, 2.24) is 4.98 Å². The van der Waals surface area contributed by atoms with E-state index in [-0.39, 0.29) is 17.2 Å². The number of halogens is 2. The third kappa shape index (κ3) is 2.82. The molecule has 1 heterocycles. The molecule has 0 bridgehead atoms. The number of benzene rings is 1. The van der Waals surface area contributed by atoms with Crippen LogP contribution < -0.4 is 4.74 Å². The summed E-state index contributed by atoms with van der Waals surface area (Å²) in [6.07, 6.45) is 2.65. The molecule has 0 unspecified atom stereocenters. The zero-order chi connectivity index (χ0) is 15.0. The van der Waals surface area contributed by atoms with Crippen molar-refractivity contribution >= 4 is 29.2 Å². The molecule has 6 heteroatoms. The molecule has 1 aromatic heterocycles. The van der Waals surface area contributed by atoms with E-state index in [0.29, 0.717) is 10.0 Å². The average Bonchev–Trinajstić information content (AvgIpc) is 2.89. The van der Waals surface area contributed by atoms with Crippen molar-refractivity contribution < 1.29 is 14.6 Å². The molecule has 0 amide bonds. The molecule has 0 spiro atoms. The predicted octanol–water partition coefficient (Wildman–Crippen LogP) is 4.37. The van der Waals surface area contributed by atoms with Crippen molar-refractivity contribution in [2.24, 2.45) is 0 Å². The van der Waals surface area contributed by atoms with E-state index in [1.807, 2.05) is 0 Å². The predicted molar refractivity (Wildman–Crippen MR) is 79.8 cm³/mol. The third-order valence-corrected chi connectivity index (χ3v) is 3.89. The van der Waals surface area contributed by atoms with Crippen LogP contribution in [0.4, 0.5) is 0 Å². The second-order valence-electron chi connectivity index (χ2n) is 4.78. The summed E-state index contributed by atoms with van der Waals surface area (Å²) in [5.41, 5.74) is 1.89. The van der Waals surface area contributed by atoms with Gasteiger partial charge in [-0.05, 0) is 43.0 Å². The first kappa shape index (κ1) is 14.2. The Morgan fingerprint density at radius 1 is 1.24 bits per heavy atom. The number of rotatable bonds is 3. The van der Waals surface area contributed by atoms with Crippen molar-refractivity contribution in [1.29, 1.82) is 0 Å². The second-order valence-corrected chi connectivity index (χ2v) is 5.63. The Morgan fingerprint density at radius 2 is 2.05 bits per heavy atom. The fraction of sp³-hybridized carbons (Fsp3) is 0.200. The molecular formula is C15H11Cl2NO3. The number of hydrogen-bond acceptors (Lipinski definition) is 3. The SMILES string of the molecule is O=C(O)c1cc2c(nc1Oc1cc(Cl)ccc1Cl)CCC2. The maximum Gasteiger partial charge on any atom is 0.341 e. The number of pyridine rings is 1. The van der Waals surface area contributed by atoms with Crippen molar-refractivity contribution in [2.75, 3.05) is 0 Å². The summed E-state index contributed by atoms with van der Waals surface area (Å²) in [5, 5.41) is 10.1. The highest BCUT2D eigenvalue weighted by molar-refractivity contribution is 6.34. The van der Waals surface area contributed by atoms with Gasteiger partial charge in [0.1, 0.15) is 11.3 Å². The molecular weight excluding hydrogens is 313 g/mol. The highest BCUT2D eigenvalue weighted by Gasteiger charge is 2.22. The topological polar surface area (TPSA) is 59.4 Å². The minimum atomic E-state index is -1.08. The summed E-state index contributed by atoms with van der Waals surface area (Å²) < 4.78 is 5.60. The van der Waals surface area contributed by atoms with Crippen molar-refractivity contribution in [3.63, 3.8) is 0 Å². The second kappa shape index (κ2) is 5.54. The van der Waals surface area contributed by atoms with Gasteiger partial charge in [-0.15, -0.1) is 0 Å². The van der Waals surface area contributed by atoms with Gasteiger partial charge in [0.05, 0.1) is 5.02 Å². The van der Waals surface area contributed by atoms with Crippen LogP contribution in [0, 0.1) is 0 Å². The Morgan fingerprint density at radius 3 is 2.81 bits per heavy atom. The smallest absolute Gasteiger partial charge is 0.341 e. The van der Waals surface area contributed by atoms with Crippen LogP contribution in [0.2, 0.25) is 10.0 Å². The highest BCUT2D eigenvalue weighted by Crippen LogP contribution is 2.34. The Labute approximate surface area is 131 Å². The molecule has 0 radical (unpaired) electrons. The van der Waals surface area contributed by atoms with Gasteiger partial charge in [0.15, 0.2) is 0 Å². The number of aromatic nitrogens is 1. The van der Waals surface area contributed by atoms with Crippen LogP contribution in [0.1, 0.15) is 28.0 Å². The van der Waals surface area contributed by atoms with Gasteiger partial charge in [0, 0.05) is 16.8 Å². The summed E-state index contributed by atoms with van der Waals surface area (Å²) in [4.78, 5) is 15.7. The van der Waals surface area contributed by atoms with Crippen molar-refractivity contribution in [2.45, 2.75) is 19.3 Å². The number of hydrogen-bond donors (Lipinski definition) is 1. The number of ether oxygens (including phenoxy) is 1. The van der Waals surface area contributed by atoms with Gasteiger partial charge in [-0.25, -0.2) is 9.78 Å². The average molecular weight is 324 g/mol. The van der Waals surface area contributed by atoms with E-state index in [9.17, 15) is 9.90 Å². The van der Waals surface area contributed by atoms with Gasteiger partial charge in [-0.2, -0.15) is 0 Å². The maximum absolute atomic E-state index is 11.4. The van der Waals surface area contributed by atoms with Crippen LogP contribution in [0.25, 0.3) is 0 Å². The Kier molecular flexibility index (Phi) is 3.74. The Bertz CT molecular complexity index is 731. The minimum absolute atomic E-state index is 0.0340. The quantitative estimate of drug-likeness (QED) is 0.911. The Hall–Kier alpha value is -1.78. The van der Waals surface area contributed by atoms with E-state index in [4.69, 9.17) is 27.9 Å².